The smallest absolute Gasteiger partial charge is 0.239 e. The minimum absolute atomic E-state index is 0.142. The van der Waals surface area contributed by atoms with E-state index in [1.165, 1.54) is 0 Å². The maximum absolute atomic E-state index is 11.9. The van der Waals surface area contributed by atoms with Gasteiger partial charge in [0.2, 0.25) is 5.91 Å². The number of rotatable bonds is 6. The normalized spacial score (nSPS) is 14.1. The molecule has 0 aromatic heterocycles. The van der Waals surface area contributed by atoms with Crippen LogP contribution in [0, 0.1) is 12.3 Å². The van der Waals surface area contributed by atoms with Gasteiger partial charge in [-0.05, 0) is 27.7 Å². The second kappa shape index (κ2) is 7.30. The van der Waals surface area contributed by atoms with Crippen LogP contribution in [-0.4, -0.2) is 36.0 Å². The van der Waals surface area contributed by atoms with Gasteiger partial charge in [0.15, 0.2) is 0 Å². The Hall–Kier alpha value is -1.01. The highest BCUT2D eigenvalue weighted by atomic mass is 16.2. The number of nitrogens with one attached hydrogen (secondary N) is 1. The van der Waals surface area contributed by atoms with E-state index in [0.29, 0.717) is 6.42 Å². The quantitative estimate of drug-likeness (QED) is 0.669. The van der Waals surface area contributed by atoms with Crippen molar-refractivity contribution >= 4 is 5.91 Å². The van der Waals surface area contributed by atoms with Crippen LogP contribution < -0.4 is 5.32 Å². The molecule has 0 aromatic rings. The van der Waals surface area contributed by atoms with Crippen molar-refractivity contribution in [2.75, 3.05) is 13.1 Å². The Bertz CT molecular complexity index is 228. The molecular weight excluding hydrogens is 188 g/mol. The van der Waals surface area contributed by atoms with E-state index in [1.54, 1.807) is 0 Å². The van der Waals surface area contributed by atoms with E-state index in [4.69, 9.17) is 6.42 Å². The molecule has 1 amide bonds. The van der Waals surface area contributed by atoms with Crippen molar-refractivity contribution in [1.82, 2.24) is 10.2 Å². The van der Waals surface area contributed by atoms with E-state index in [-0.39, 0.29) is 18.0 Å². The lowest BCUT2D eigenvalue weighted by Gasteiger charge is -2.25. The molecular formula is C12H22N2O. The van der Waals surface area contributed by atoms with Crippen LogP contribution in [0.3, 0.4) is 0 Å². The molecule has 0 aliphatic carbocycles. The zero-order valence-corrected chi connectivity index (χ0v) is 10.2. The van der Waals surface area contributed by atoms with E-state index in [9.17, 15) is 4.79 Å². The van der Waals surface area contributed by atoms with Crippen molar-refractivity contribution in [2.45, 2.75) is 46.2 Å². The van der Waals surface area contributed by atoms with Gasteiger partial charge in [0.25, 0.3) is 0 Å². The fourth-order valence-electron chi connectivity index (χ4n) is 1.54. The fraction of sp³-hybridized carbons (Fsp3) is 0.750. The van der Waals surface area contributed by atoms with Crippen molar-refractivity contribution in [3.63, 3.8) is 0 Å². The van der Waals surface area contributed by atoms with Gasteiger partial charge >= 0.3 is 0 Å². The molecule has 0 saturated heterocycles. The maximum Gasteiger partial charge on any atom is 0.239 e. The summed E-state index contributed by atoms with van der Waals surface area (Å²) in [5.74, 6) is 2.72. The lowest BCUT2D eigenvalue weighted by atomic mass is 10.2. The van der Waals surface area contributed by atoms with E-state index < -0.39 is 0 Å². The summed E-state index contributed by atoms with van der Waals surface area (Å²) in [7, 11) is 0. The second-order valence-electron chi connectivity index (χ2n) is 3.71. The van der Waals surface area contributed by atoms with Gasteiger partial charge in [-0.1, -0.05) is 0 Å². The first kappa shape index (κ1) is 14.0. The van der Waals surface area contributed by atoms with Gasteiger partial charge in [-0.2, -0.15) is 0 Å². The first-order valence-electron chi connectivity index (χ1n) is 5.55. The van der Waals surface area contributed by atoms with Crippen LogP contribution >= 0.6 is 0 Å². The van der Waals surface area contributed by atoms with Crippen LogP contribution in [-0.2, 0) is 4.79 Å². The Labute approximate surface area is 93.2 Å². The minimum atomic E-state index is -0.159. The summed E-state index contributed by atoms with van der Waals surface area (Å²) in [6, 6.07) is 0.0257. The average Bonchev–Trinajstić information content (AvgIpc) is 2.19. The van der Waals surface area contributed by atoms with Crippen LogP contribution in [0.2, 0.25) is 0 Å². The molecule has 86 valence electrons. The van der Waals surface area contributed by atoms with Crippen molar-refractivity contribution in [1.29, 1.82) is 0 Å². The minimum Gasteiger partial charge on any atom is -0.342 e. The van der Waals surface area contributed by atoms with Crippen LogP contribution in [0.4, 0.5) is 0 Å². The lowest BCUT2D eigenvalue weighted by molar-refractivity contribution is -0.132. The zero-order valence-electron chi connectivity index (χ0n) is 10.2. The molecule has 15 heavy (non-hydrogen) atoms. The number of hydrogen-bond acceptors (Lipinski definition) is 2. The van der Waals surface area contributed by atoms with Gasteiger partial charge in [-0.3, -0.25) is 4.79 Å². The number of carbonyl (C=O) groups excluding carboxylic acids is 1. The molecule has 2 atom stereocenters. The first-order chi connectivity index (χ1) is 7.06. The Morgan fingerprint density at radius 2 is 1.93 bits per heavy atom. The molecule has 2 unspecified atom stereocenters. The summed E-state index contributed by atoms with van der Waals surface area (Å²) in [5.41, 5.74) is 0. The molecule has 1 N–H and O–H groups in total. The number of hydrogen-bond donors (Lipinski definition) is 1. The summed E-state index contributed by atoms with van der Waals surface area (Å²) >= 11 is 0. The third-order valence-corrected chi connectivity index (χ3v) is 2.40. The highest BCUT2D eigenvalue weighted by Gasteiger charge is 2.18. The molecule has 0 fully saturated rings. The molecule has 0 spiro atoms. The third kappa shape index (κ3) is 4.85. The highest BCUT2D eigenvalue weighted by Crippen LogP contribution is 1.98. The Balaban J connectivity index is 4.14. The van der Waals surface area contributed by atoms with Gasteiger partial charge in [0.05, 0.1) is 6.04 Å². The highest BCUT2D eigenvalue weighted by molar-refractivity contribution is 5.81. The SMILES string of the molecule is C#CCC(C)NC(C)C(=O)N(CC)CC. The fourth-order valence-corrected chi connectivity index (χ4v) is 1.54. The summed E-state index contributed by atoms with van der Waals surface area (Å²) in [4.78, 5) is 13.7. The Morgan fingerprint density at radius 3 is 2.33 bits per heavy atom. The molecule has 0 aliphatic rings. The maximum atomic E-state index is 11.9. The van der Waals surface area contributed by atoms with Gasteiger partial charge < -0.3 is 10.2 Å². The van der Waals surface area contributed by atoms with Crippen molar-refractivity contribution < 1.29 is 4.79 Å². The molecule has 0 heterocycles. The first-order valence-corrected chi connectivity index (χ1v) is 5.55. The Morgan fingerprint density at radius 1 is 1.40 bits per heavy atom. The van der Waals surface area contributed by atoms with E-state index >= 15 is 0 Å². The summed E-state index contributed by atoms with van der Waals surface area (Å²) < 4.78 is 0. The van der Waals surface area contributed by atoms with Crippen LogP contribution in [0.25, 0.3) is 0 Å². The molecule has 0 saturated carbocycles. The number of amides is 1. The number of carbonyl (C=O) groups is 1. The van der Waals surface area contributed by atoms with Crippen molar-refractivity contribution in [3.05, 3.63) is 0 Å². The van der Waals surface area contributed by atoms with Crippen LogP contribution in [0.5, 0.6) is 0 Å². The van der Waals surface area contributed by atoms with Crippen molar-refractivity contribution in [2.24, 2.45) is 0 Å². The van der Waals surface area contributed by atoms with E-state index in [2.05, 4.69) is 11.2 Å². The Kier molecular flexibility index (Phi) is 6.81. The molecule has 0 bridgehead atoms. The molecule has 0 aliphatic heterocycles. The molecule has 0 rings (SSSR count). The van der Waals surface area contributed by atoms with Gasteiger partial charge in [0, 0.05) is 25.6 Å². The number of terminal acetylenes is 1. The molecule has 0 aromatic carbocycles. The molecule has 3 nitrogen and oxygen atoms in total. The van der Waals surface area contributed by atoms with Crippen LogP contribution in [0.1, 0.15) is 34.1 Å². The van der Waals surface area contributed by atoms with Gasteiger partial charge in [-0.15, -0.1) is 12.3 Å². The summed E-state index contributed by atoms with van der Waals surface area (Å²) in [6.07, 6.45) is 5.86. The molecule has 0 radical (unpaired) electrons. The predicted octanol–water partition coefficient (Wildman–Crippen LogP) is 1.24. The van der Waals surface area contributed by atoms with Crippen LogP contribution in [0.15, 0.2) is 0 Å². The third-order valence-electron chi connectivity index (χ3n) is 2.40. The second-order valence-corrected chi connectivity index (χ2v) is 3.71. The monoisotopic (exact) mass is 210 g/mol. The average molecular weight is 210 g/mol. The number of likely N-dealkylation sites (N-methyl/N-ethyl adjacent to an activating group) is 1. The topological polar surface area (TPSA) is 32.3 Å². The summed E-state index contributed by atoms with van der Waals surface area (Å²) in [6.45, 7) is 9.35. The van der Waals surface area contributed by atoms with Gasteiger partial charge in [-0.25, -0.2) is 0 Å². The standard InChI is InChI=1S/C12H22N2O/c1-6-9-10(4)13-11(5)12(15)14(7-2)8-3/h1,10-11,13H,7-9H2,2-5H3. The van der Waals surface area contributed by atoms with Crippen molar-refractivity contribution in [3.8, 4) is 12.3 Å². The van der Waals surface area contributed by atoms with E-state index in [1.807, 2.05) is 32.6 Å². The zero-order chi connectivity index (χ0) is 11.8. The summed E-state index contributed by atoms with van der Waals surface area (Å²) in [5, 5.41) is 3.20. The molecule has 3 heteroatoms. The van der Waals surface area contributed by atoms with E-state index in [0.717, 1.165) is 13.1 Å². The number of nitrogens with zero attached hydrogens (tertiary/aromatic N) is 1. The van der Waals surface area contributed by atoms with Gasteiger partial charge in [0.1, 0.15) is 0 Å². The largest absolute Gasteiger partial charge is 0.342 e. The lowest BCUT2D eigenvalue weighted by Crippen LogP contribution is -2.47. The predicted molar refractivity (Wildman–Crippen MR) is 63.4 cm³/mol.